The van der Waals surface area contributed by atoms with Gasteiger partial charge < -0.3 is 38.5 Å². The molecule has 0 aromatic carbocycles. The number of carbonyl (C=O) groups is 3. The first kappa shape index (κ1) is 33.2. The van der Waals surface area contributed by atoms with Crippen molar-refractivity contribution in [3.63, 3.8) is 0 Å². The third-order valence-corrected chi connectivity index (χ3v) is 6.35. The Balaban J connectivity index is 2.16. The summed E-state index contributed by atoms with van der Waals surface area (Å²) in [5.41, 5.74) is -0.128. The molecule has 4 atom stereocenters. The minimum atomic E-state index is -0.910. The number of amides is 1. The zero-order valence-corrected chi connectivity index (χ0v) is 24.4. The molecule has 0 saturated carbocycles. The van der Waals surface area contributed by atoms with Crippen LogP contribution in [0, 0.1) is 11.8 Å². The van der Waals surface area contributed by atoms with Gasteiger partial charge in [0.2, 0.25) is 6.79 Å². The van der Waals surface area contributed by atoms with Crippen LogP contribution in [0.4, 0.5) is 0 Å². The zero-order chi connectivity index (χ0) is 29.5. The van der Waals surface area contributed by atoms with Gasteiger partial charge >= 0.3 is 11.9 Å². The molecule has 1 aliphatic heterocycles. The van der Waals surface area contributed by atoms with Crippen LogP contribution >= 0.6 is 0 Å². The monoisotopic (exact) mass is 568 g/mol. The van der Waals surface area contributed by atoms with Gasteiger partial charge in [-0.25, -0.2) is 14.6 Å². The molecule has 1 aromatic rings. The maximum atomic E-state index is 13.3. The summed E-state index contributed by atoms with van der Waals surface area (Å²) in [6.45, 7) is 8.46. The van der Waals surface area contributed by atoms with Gasteiger partial charge in [0.05, 0.1) is 13.2 Å². The first-order valence-corrected chi connectivity index (χ1v) is 13.7. The number of hydrogen-bond acceptors (Lipinski definition) is 11. The van der Waals surface area contributed by atoms with E-state index in [1.807, 2.05) is 6.92 Å². The molecule has 1 N–H and O–H groups in total. The standard InChI is InChI=1S/C28H44N2O10/c1-7-36-16-23(31)38-17-39-26-22(35-6)11-13-29-24(26)27(32)30-21-10-8-9-20(12-14-34-5)25(37-15-18(2)3)19(4)40-28(21)33/h11,13,18-21,25H,7-10,12,14-17H2,1-6H3,(H,30,32)/t19-,20+,21-,25-/m0/s1. The van der Waals surface area contributed by atoms with Crippen LogP contribution in [0.15, 0.2) is 12.3 Å². The molecular formula is C28H44N2O10. The molecule has 12 nitrogen and oxygen atoms in total. The Morgan fingerprint density at radius 1 is 1.23 bits per heavy atom. The zero-order valence-electron chi connectivity index (χ0n) is 24.4. The highest BCUT2D eigenvalue weighted by molar-refractivity contribution is 5.98. The third kappa shape index (κ3) is 10.5. The second-order valence-electron chi connectivity index (χ2n) is 9.94. The normalized spacial score (nSPS) is 21.5. The number of methoxy groups -OCH3 is 2. The summed E-state index contributed by atoms with van der Waals surface area (Å²) in [5, 5.41) is 2.74. The highest BCUT2D eigenvalue weighted by Gasteiger charge is 2.35. The average molecular weight is 569 g/mol. The molecule has 2 rings (SSSR count). The first-order valence-electron chi connectivity index (χ1n) is 13.7. The van der Waals surface area contributed by atoms with Crippen LogP contribution in [0.1, 0.15) is 63.9 Å². The second-order valence-corrected chi connectivity index (χ2v) is 9.94. The Morgan fingerprint density at radius 2 is 2.00 bits per heavy atom. The van der Waals surface area contributed by atoms with E-state index in [-0.39, 0.29) is 35.8 Å². The van der Waals surface area contributed by atoms with E-state index in [1.165, 1.54) is 19.4 Å². The molecule has 0 bridgehead atoms. The van der Waals surface area contributed by atoms with Crippen molar-refractivity contribution in [1.82, 2.24) is 10.3 Å². The molecule has 0 unspecified atom stereocenters. The Kier molecular flexibility index (Phi) is 14.7. The van der Waals surface area contributed by atoms with E-state index in [4.69, 9.17) is 33.2 Å². The molecule has 40 heavy (non-hydrogen) atoms. The molecule has 0 spiro atoms. The van der Waals surface area contributed by atoms with Crippen molar-refractivity contribution in [2.75, 3.05) is 47.4 Å². The topological polar surface area (TPSA) is 141 Å². The molecule has 0 radical (unpaired) electrons. The van der Waals surface area contributed by atoms with Crippen LogP contribution in [-0.4, -0.2) is 88.5 Å². The van der Waals surface area contributed by atoms with Crippen LogP contribution in [0.5, 0.6) is 11.5 Å². The maximum Gasteiger partial charge on any atom is 0.334 e. The minimum absolute atomic E-state index is 0.0294. The van der Waals surface area contributed by atoms with Crippen LogP contribution in [-0.2, 0) is 33.3 Å². The van der Waals surface area contributed by atoms with Gasteiger partial charge in [-0.2, -0.15) is 0 Å². The number of pyridine rings is 1. The molecule has 12 heteroatoms. The summed E-state index contributed by atoms with van der Waals surface area (Å²) in [6, 6.07) is 0.591. The number of cyclic esters (lactones) is 1. The minimum Gasteiger partial charge on any atom is -0.493 e. The molecule has 1 saturated heterocycles. The van der Waals surface area contributed by atoms with Crippen molar-refractivity contribution in [3.8, 4) is 11.5 Å². The third-order valence-electron chi connectivity index (χ3n) is 6.35. The quantitative estimate of drug-likeness (QED) is 0.247. The number of ether oxygens (including phenoxy) is 7. The summed E-state index contributed by atoms with van der Waals surface area (Å²) >= 11 is 0. The van der Waals surface area contributed by atoms with E-state index in [9.17, 15) is 14.4 Å². The van der Waals surface area contributed by atoms with Crippen LogP contribution in [0.2, 0.25) is 0 Å². The van der Waals surface area contributed by atoms with Crippen LogP contribution in [0.3, 0.4) is 0 Å². The lowest BCUT2D eigenvalue weighted by atomic mass is 9.89. The summed E-state index contributed by atoms with van der Waals surface area (Å²) in [4.78, 5) is 42.4. The molecule has 1 amide bonds. The van der Waals surface area contributed by atoms with Crippen molar-refractivity contribution in [3.05, 3.63) is 18.0 Å². The lowest BCUT2D eigenvalue weighted by Crippen LogP contribution is -2.45. The van der Waals surface area contributed by atoms with Crippen molar-refractivity contribution in [2.24, 2.45) is 11.8 Å². The van der Waals surface area contributed by atoms with Crippen molar-refractivity contribution in [2.45, 2.75) is 71.6 Å². The van der Waals surface area contributed by atoms with Gasteiger partial charge in [-0.05, 0) is 44.9 Å². The summed E-state index contributed by atoms with van der Waals surface area (Å²) in [7, 11) is 3.06. The van der Waals surface area contributed by atoms with Gasteiger partial charge in [0.15, 0.2) is 17.2 Å². The Labute approximate surface area is 236 Å². The van der Waals surface area contributed by atoms with Gasteiger partial charge in [-0.1, -0.05) is 20.3 Å². The number of rotatable bonds is 15. The molecule has 0 aliphatic carbocycles. The first-order chi connectivity index (χ1) is 19.2. The molecule has 2 heterocycles. The number of hydrogen-bond donors (Lipinski definition) is 1. The van der Waals surface area contributed by atoms with E-state index >= 15 is 0 Å². The number of nitrogens with zero attached hydrogens (tertiary/aromatic N) is 1. The van der Waals surface area contributed by atoms with Gasteiger partial charge in [-0.3, -0.25) is 4.79 Å². The highest BCUT2D eigenvalue weighted by atomic mass is 16.7. The predicted molar refractivity (Wildman–Crippen MR) is 144 cm³/mol. The molecular weight excluding hydrogens is 524 g/mol. The predicted octanol–water partition coefficient (Wildman–Crippen LogP) is 2.91. The van der Waals surface area contributed by atoms with Gasteiger partial charge in [0, 0.05) is 39.2 Å². The number of nitrogens with one attached hydrogen (secondary N) is 1. The van der Waals surface area contributed by atoms with Gasteiger partial charge in [0.1, 0.15) is 18.8 Å². The van der Waals surface area contributed by atoms with E-state index < -0.39 is 36.8 Å². The Morgan fingerprint density at radius 3 is 2.67 bits per heavy atom. The molecule has 1 fully saturated rings. The van der Waals surface area contributed by atoms with E-state index in [2.05, 4.69) is 24.1 Å². The van der Waals surface area contributed by atoms with E-state index in [0.29, 0.717) is 38.6 Å². The van der Waals surface area contributed by atoms with Gasteiger partial charge in [-0.15, -0.1) is 0 Å². The lowest BCUT2D eigenvalue weighted by Gasteiger charge is -2.31. The fraction of sp³-hybridized carbons (Fsp3) is 0.714. The fourth-order valence-corrected chi connectivity index (χ4v) is 4.37. The SMILES string of the molecule is CCOCC(=O)OCOc1c(OC)ccnc1C(=O)N[C@H]1CCC[C@H](CCOC)[C@@H](OCC(C)C)[C@H](C)OC1=O. The average Bonchev–Trinajstić information content (AvgIpc) is 2.97. The summed E-state index contributed by atoms with van der Waals surface area (Å²) in [5.74, 6) is -1.21. The molecule has 226 valence electrons. The lowest BCUT2D eigenvalue weighted by molar-refractivity contribution is -0.162. The molecule has 1 aliphatic rings. The molecule has 1 aromatic heterocycles. The van der Waals surface area contributed by atoms with E-state index in [0.717, 1.165) is 12.8 Å². The highest BCUT2D eigenvalue weighted by Crippen LogP contribution is 2.30. The van der Waals surface area contributed by atoms with Crippen molar-refractivity contribution in [1.29, 1.82) is 0 Å². The van der Waals surface area contributed by atoms with Crippen LogP contribution in [0.25, 0.3) is 0 Å². The number of esters is 2. The summed E-state index contributed by atoms with van der Waals surface area (Å²) < 4.78 is 38.2. The summed E-state index contributed by atoms with van der Waals surface area (Å²) in [6.07, 6.45) is 3.13. The van der Waals surface area contributed by atoms with Crippen molar-refractivity contribution >= 4 is 17.8 Å². The second kappa shape index (κ2) is 17.7. The largest absolute Gasteiger partial charge is 0.493 e. The Hall–Kier alpha value is -2.96. The number of carbonyl (C=O) groups excluding carboxylic acids is 3. The van der Waals surface area contributed by atoms with E-state index in [1.54, 1.807) is 14.0 Å². The Bertz CT molecular complexity index is 942. The van der Waals surface area contributed by atoms with Gasteiger partial charge in [0.25, 0.3) is 5.91 Å². The maximum absolute atomic E-state index is 13.3. The van der Waals surface area contributed by atoms with Crippen molar-refractivity contribution < 1.29 is 47.5 Å². The number of aromatic nitrogens is 1. The fourth-order valence-electron chi connectivity index (χ4n) is 4.37. The smallest absolute Gasteiger partial charge is 0.334 e. The van der Waals surface area contributed by atoms with Crippen LogP contribution < -0.4 is 14.8 Å².